The molecule has 0 aromatic carbocycles. The van der Waals surface area contributed by atoms with E-state index in [-0.39, 0.29) is 0 Å². The predicted octanol–water partition coefficient (Wildman–Crippen LogP) is 1.84. The molecule has 47 valence electrons. The van der Waals surface area contributed by atoms with Crippen LogP contribution in [0.15, 0.2) is 5.16 Å². The molecule has 0 aliphatic rings. The standard InChI is InChI=1S/C6H12NO/c1-3-4-5-6(2)7-8/h5,8H,3-4H2,1-2H3. The number of oxime groups is 1. The van der Waals surface area contributed by atoms with Crippen molar-refractivity contribution >= 4 is 5.71 Å². The van der Waals surface area contributed by atoms with Crippen molar-refractivity contribution in [2.45, 2.75) is 26.7 Å². The third-order valence-electron chi connectivity index (χ3n) is 0.886. The minimum absolute atomic E-state index is 0.701. The number of unbranched alkanes of at least 4 members (excludes halogenated alkanes) is 1. The largest absolute Gasteiger partial charge is 0.411 e. The maximum atomic E-state index is 8.12. The van der Waals surface area contributed by atoms with E-state index in [4.69, 9.17) is 5.21 Å². The second kappa shape index (κ2) is 4.62. The summed E-state index contributed by atoms with van der Waals surface area (Å²) in [6, 6.07) is 0. The van der Waals surface area contributed by atoms with Crippen molar-refractivity contribution in [3.8, 4) is 0 Å². The lowest BCUT2D eigenvalue weighted by atomic mass is 10.2. The topological polar surface area (TPSA) is 32.6 Å². The van der Waals surface area contributed by atoms with Crippen molar-refractivity contribution in [2.24, 2.45) is 5.16 Å². The van der Waals surface area contributed by atoms with E-state index in [0.29, 0.717) is 5.71 Å². The van der Waals surface area contributed by atoms with Gasteiger partial charge in [0.2, 0.25) is 0 Å². The summed E-state index contributed by atoms with van der Waals surface area (Å²) in [4.78, 5) is 0. The van der Waals surface area contributed by atoms with Crippen LogP contribution in [0.3, 0.4) is 0 Å². The smallest absolute Gasteiger partial charge is 0.0577 e. The van der Waals surface area contributed by atoms with Gasteiger partial charge in [-0.2, -0.15) is 0 Å². The van der Waals surface area contributed by atoms with Crippen molar-refractivity contribution in [1.29, 1.82) is 0 Å². The fraction of sp³-hybridized carbons (Fsp3) is 0.667. The Morgan fingerprint density at radius 2 is 2.38 bits per heavy atom. The minimum Gasteiger partial charge on any atom is -0.411 e. The highest BCUT2D eigenvalue weighted by molar-refractivity contribution is 5.89. The summed E-state index contributed by atoms with van der Waals surface area (Å²) in [5, 5.41) is 11.1. The molecule has 0 heterocycles. The molecular weight excluding hydrogens is 102 g/mol. The quantitative estimate of drug-likeness (QED) is 0.339. The van der Waals surface area contributed by atoms with E-state index in [1.165, 1.54) is 0 Å². The van der Waals surface area contributed by atoms with Crippen LogP contribution in [-0.2, 0) is 0 Å². The molecule has 0 unspecified atom stereocenters. The van der Waals surface area contributed by atoms with Gasteiger partial charge in [-0.3, -0.25) is 0 Å². The van der Waals surface area contributed by atoms with Crippen LogP contribution in [0.5, 0.6) is 0 Å². The van der Waals surface area contributed by atoms with Crippen molar-refractivity contribution in [2.75, 3.05) is 0 Å². The van der Waals surface area contributed by atoms with Gasteiger partial charge in [0.15, 0.2) is 0 Å². The molecule has 0 saturated carbocycles. The molecule has 0 spiro atoms. The maximum absolute atomic E-state index is 8.12. The molecule has 0 aliphatic carbocycles. The second-order valence-corrected chi connectivity index (χ2v) is 1.73. The van der Waals surface area contributed by atoms with E-state index in [1.807, 2.05) is 6.42 Å². The van der Waals surface area contributed by atoms with Crippen LogP contribution in [0.25, 0.3) is 0 Å². The monoisotopic (exact) mass is 114 g/mol. The van der Waals surface area contributed by atoms with Gasteiger partial charge >= 0.3 is 0 Å². The predicted molar refractivity (Wildman–Crippen MR) is 34.1 cm³/mol. The highest BCUT2D eigenvalue weighted by atomic mass is 16.4. The third-order valence-corrected chi connectivity index (χ3v) is 0.886. The summed E-state index contributed by atoms with van der Waals surface area (Å²) in [5.74, 6) is 0. The number of rotatable bonds is 3. The van der Waals surface area contributed by atoms with Crippen LogP contribution in [0.1, 0.15) is 26.7 Å². The highest BCUT2D eigenvalue weighted by Gasteiger charge is 1.88. The van der Waals surface area contributed by atoms with E-state index < -0.39 is 0 Å². The molecule has 0 fully saturated rings. The minimum atomic E-state index is 0.701. The van der Waals surface area contributed by atoms with E-state index in [1.54, 1.807) is 6.92 Å². The van der Waals surface area contributed by atoms with Gasteiger partial charge in [0.05, 0.1) is 5.71 Å². The summed E-state index contributed by atoms with van der Waals surface area (Å²) in [7, 11) is 0. The molecule has 0 aliphatic heterocycles. The molecule has 2 heteroatoms. The number of nitrogens with zero attached hydrogens (tertiary/aromatic N) is 1. The number of hydrogen-bond donors (Lipinski definition) is 1. The van der Waals surface area contributed by atoms with Crippen LogP contribution in [-0.4, -0.2) is 10.9 Å². The average Bonchev–Trinajstić information content (AvgIpc) is 1.83. The summed E-state index contributed by atoms with van der Waals surface area (Å²) >= 11 is 0. The summed E-state index contributed by atoms with van der Waals surface area (Å²) in [6.45, 7) is 3.86. The molecule has 0 saturated heterocycles. The van der Waals surface area contributed by atoms with Crippen LogP contribution >= 0.6 is 0 Å². The molecule has 2 nitrogen and oxygen atoms in total. The molecule has 0 bridgehead atoms. The molecule has 0 aromatic heterocycles. The summed E-state index contributed by atoms with van der Waals surface area (Å²) in [5.41, 5.74) is 0.701. The van der Waals surface area contributed by atoms with Gasteiger partial charge in [-0.05, 0) is 13.3 Å². The van der Waals surface area contributed by atoms with E-state index in [2.05, 4.69) is 12.1 Å². The lowest BCUT2D eigenvalue weighted by Crippen LogP contribution is -1.90. The van der Waals surface area contributed by atoms with Gasteiger partial charge in [-0.25, -0.2) is 0 Å². The fourth-order valence-electron chi connectivity index (χ4n) is 0.394. The normalized spacial score (nSPS) is 12.0. The van der Waals surface area contributed by atoms with Crippen LogP contribution < -0.4 is 0 Å². The first-order valence-electron chi connectivity index (χ1n) is 2.83. The molecule has 0 rings (SSSR count). The molecule has 8 heavy (non-hydrogen) atoms. The zero-order valence-electron chi connectivity index (χ0n) is 5.39. The molecule has 0 atom stereocenters. The first-order chi connectivity index (χ1) is 3.81. The number of hydrogen-bond acceptors (Lipinski definition) is 2. The van der Waals surface area contributed by atoms with Gasteiger partial charge < -0.3 is 5.21 Å². The Bertz CT molecular complexity index is 78.6. The average molecular weight is 114 g/mol. The Morgan fingerprint density at radius 1 is 1.75 bits per heavy atom. The first-order valence-corrected chi connectivity index (χ1v) is 2.83. The molecule has 1 radical (unpaired) electrons. The van der Waals surface area contributed by atoms with Crippen molar-refractivity contribution in [1.82, 2.24) is 0 Å². The second-order valence-electron chi connectivity index (χ2n) is 1.73. The van der Waals surface area contributed by atoms with Crippen LogP contribution in [0.2, 0.25) is 0 Å². The molecule has 0 aromatic rings. The van der Waals surface area contributed by atoms with E-state index in [0.717, 1.165) is 12.8 Å². The first kappa shape index (κ1) is 7.47. The van der Waals surface area contributed by atoms with E-state index in [9.17, 15) is 0 Å². The van der Waals surface area contributed by atoms with Crippen LogP contribution in [0.4, 0.5) is 0 Å². The van der Waals surface area contributed by atoms with Gasteiger partial charge in [0.25, 0.3) is 0 Å². The Labute approximate surface area is 50.2 Å². The molecule has 1 N–H and O–H groups in total. The van der Waals surface area contributed by atoms with E-state index >= 15 is 0 Å². The van der Waals surface area contributed by atoms with Crippen LogP contribution in [0, 0.1) is 6.42 Å². The lowest BCUT2D eigenvalue weighted by Gasteiger charge is -1.91. The maximum Gasteiger partial charge on any atom is 0.0577 e. The Morgan fingerprint density at radius 3 is 2.75 bits per heavy atom. The van der Waals surface area contributed by atoms with Gasteiger partial charge in [-0.1, -0.05) is 18.5 Å². The zero-order valence-corrected chi connectivity index (χ0v) is 5.39. The molecular formula is C6H12NO. The van der Waals surface area contributed by atoms with Gasteiger partial charge in [0.1, 0.15) is 0 Å². The third kappa shape index (κ3) is 3.65. The Hall–Kier alpha value is -0.530. The Kier molecular flexibility index (Phi) is 4.32. The van der Waals surface area contributed by atoms with Crippen molar-refractivity contribution in [3.05, 3.63) is 6.42 Å². The Balaban J connectivity index is 3.12. The molecule has 0 amide bonds. The summed E-state index contributed by atoms with van der Waals surface area (Å²) in [6.07, 6.45) is 4.00. The zero-order chi connectivity index (χ0) is 6.41. The van der Waals surface area contributed by atoms with Gasteiger partial charge in [-0.15, -0.1) is 0 Å². The van der Waals surface area contributed by atoms with Crippen molar-refractivity contribution in [3.63, 3.8) is 0 Å². The van der Waals surface area contributed by atoms with Crippen molar-refractivity contribution < 1.29 is 5.21 Å². The highest BCUT2D eigenvalue weighted by Crippen LogP contribution is 1.93. The van der Waals surface area contributed by atoms with Gasteiger partial charge in [0, 0.05) is 6.42 Å². The summed E-state index contributed by atoms with van der Waals surface area (Å²) < 4.78 is 0. The SMILES string of the molecule is CCC[CH]C(C)=NO. The lowest BCUT2D eigenvalue weighted by molar-refractivity contribution is 0.318. The fourth-order valence-corrected chi connectivity index (χ4v) is 0.394.